The molecule has 154 valence electrons. The number of carbonyl (C=O) groups is 2. The standard InChI is InChI=1S/C20H25F3N2O3/c1-24(2)18(26)12-25-9-7-13(8-10-25)28-19(27)16-11-15(16)14-5-3-4-6-17(14)20(21,22)23/h3-6,13,15-16H,7-12H2,1-2H3. The molecule has 1 saturated heterocycles. The normalized spacial score (nSPS) is 23.3. The van der Waals surface area contributed by atoms with E-state index in [-0.39, 0.29) is 17.6 Å². The van der Waals surface area contributed by atoms with Crippen LogP contribution in [-0.4, -0.2) is 61.5 Å². The van der Waals surface area contributed by atoms with Crippen LogP contribution in [0.5, 0.6) is 0 Å². The molecule has 2 unspecified atom stereocenters. The molecule has 1 aliphatic heterocycles. The summed E-state index contributed by atoms with van der Waals surface area (Å²) in [5.41, 5.74) is -0.497. The second kappa shape index (κ2) is 8.11. The van der Waals surface area contributed by atoms with E-state index in [1.54, 1.807) is 20.2 Å². The number of likely N-dealkylation sites (N-methyl/N-ethyl adjacent to an activating group) is 1. The van der Waals surface area contributed by atoms with Crippen molar-refractivity contribution in [3.8, 4) is 0 Å². The van der Waals surface area contributed by atoms with Gasteiger partial charge in [-0.2, -0.15) is 13.2 Å². The van der Waals surface area contributed by atoms with Gasteiger partial charge in [-0.1, -0.05) is 18.2 Å². The summed E-state index contributed by atoms with van der Waals surface area (Å²) in [7, 11) is 3.42. The van der Waals surface area contributed by atoms with Gasteiger partial charge in [-0.25, -0.2) is 0 Å². The van der Waals surface area contributed by atoms with E-state index in [0.29, 0.717) is 38.9 Å². The Labute approximate surface area is 162 Å². The fraction of sp³-hybridized carbons (Fsp3) is 0.600. The molecule has 1 aliphatic carbocycles. The smallest absolute Gasteiger partial charge is 0.416 e. The number of carbonyl (C=O) groups excluding carboxylic acids is 2. The number of alkyl halides is 3. The first-order chi connectivity index (χ1) is 13.2. The summed E-state index contributed by atoms with van der Waals surface area (Å²) in [4.78, 5) is 27.7. The molecule has 2 atom stereocenters. The molecular weight excluding hydrogens is 373 g/mol. The molecule has 8 heteroatoms. The molecule has 1 amide bonds. The quantitative estimate of drug-likeness (QED) is 0.716. The molecule has 1 heterocycles. The summed E-state index contributed by atoms with van der Waals surface area (Å²) in [5, 5.41) is 0. The molecule has 3 rings (SSSR count). The maximum absolute atomic E-state index is 13.2. The predicted octanol–water partition coefficient (Wildman–Crippen LogP) is 2.90. The Morgan fingerprint density at radius 2 is 1.82 bits per heavy atom. The van der Waals surface area contributed by atoms with Crippen molar-refractivity contribution < 1.29 is 27.5 Å². The minimum absolute atomic E-state index is 0.0274. The molecule has 0 bridgehead atoms. The number of hydrogen-bond acceptors (Lipinski definition) is 4. The summed E-state index contributed by atoms with van der Waals surface area (Å²) in [6, 6.07) is 5.43. The SMILES string of the molecule is CN(C)C(=O)CN1CCC(OC(=O)C2CC2c2ccccc2C(F)(F)F)CC1. The molecule has 1 aromatic rings. The first-order valence-electron chi connectivity index (χ1n) is 9.46. The predicted molar refractivity (Wildman–Crippen MR) is 96.5 cm³/mol. The average molecular weight is 398 g/mol. The highest BCUT2D eigenvalue weighted by Gasteiger charge is 2.49. The highest BCUT2D eigenvalue weighted by atomic mass is 19.4. The van der Waals surface area contributed by atoms with Crippen molar-refractivity contribution in [2.24, 2.45) is 5.92 Å². The molecule has 2 fully saturated rings. The van der Waals surface area contributed by atoms with Gasteiger partial charge in [-0.15, -0.1) is 0 Å². The molecule has 1 aromatic carbocycles. The third kappa shape index (κ3) is 4.84. The van der Waals surface area contributed by atoms with E-state index in [0.717, 1.165) is 6.07 Å². The van der Waals surface area contributed by atoms with Gasteiger partial charge in [0.05, 0.1) is 18.0 Å². The van der Waals surface area contributed by atoms with E-state index in [9.17, 15) is 22.8 Å². The molecular formula is C20H25F3N2O3. The third-order valence-electron chi connectivity index (χ3n) is 5.43. The van der Waals surface area contributed by atoms with Crippen LogP contribution in [0.1, 0.15) is 36.3 Å². The number of hydrogen-bond donors (Lipinski definition) is 0. The number of halogens is 3. The van der Waals surface area contributed by atoms with Gasteiger partial charge >= 0.3 is 12.1 Å². The molecule has 1 saturated carbocycles. The van der Waals surface area contributed by atoms with Crippen LogP contribution in [0.3, 0.4) is 0 Å². The van der Waals surface area contributed by atoms with Gasteiger partial charge in [0.2, 0.25) is 5.91 Å². The average Bonchev–Trinajstić information content (AvgIpc) is 3.43. The lowest BCUT2D eigenvalue weighted by molar-refractivity contribution is -0.153. The highest BCUT2D eigenvalue weighted by molar-refractivity contribution is 5.78. The van der Waals surface area contributed by atoms with E-state index < -0.39 is 29.5 Å². The number of amides is 1. The van der Waals surface area contributed by atoms with Crippen molar-refractivity contribution in [1.82, 2.24) is 9.80 Å². The van der Waals surface area contributed by atoms with Crippen molar-refractivity contribution in [3.63, 3.8) is 0 Å². The first-order valence-corrected chi connectivity index (χ1v) is 9.46. The number of nitrogens with zero attached hydrogens (tertiary/aromatic N) is 2. The molecule has 5 nitrogen and oxygen atoms in total. The molecule has 0 radical (unpaired) electrons. The van der Waals surface area contributed by atoms with Crippen molar-refractivity contribution in [2.75, 3.05) is 33.7 Å². The topological polar surface area (TPSA) is 49.9 Å². The Morgan fingerprint density at radius 3 is 2.43 bits per heavy atom. The Morgan fingerprint density at radius 1 is 1.18 bits per heavy atom. The van der Waals surface area contributed by atoms with E-state index in [1.165, 1.54) is 17.0 Å². The Balaban J connectivity index is 1.50. The molecule has 0 spiro atoms. The van der Waals surface area contributed by atoms with Crippen molar-refractivity contribution in [1.29, 1.82) is 0 Å². The zero-order chi connectivity index (χ0) is 20.5. The van der Waals surface area contributed by atoms with Crippen LogP contribution in [0.25, 0.3) is 0 Å². The van der Waals surface area contributed by atoms with Crippen LogP contribution < -0.4 is 0 Å². The van der Waals surface area contributed by atoms with E-state index in [4.69, 9.17) is 4.74 Å². The minimum Gasteiger partial charge on any atom is -0.462 e. The zero-order valence-corrected chi connectivity index (χ0v) is 16.0. The van der Waals surface area contributed by atoms with Crippen LogP contribution in [0.2, 0.25) is 0 Å². The summed E-state index contributed by atoms with van der Waals surface area (Å²) >= 11 is 0. The summed E-state index contributed by atoms with van der Waals surface area (Å²) in [6.07, 6.45) is -3.02. The van der Waals surface area contributed by atoms with Gasteiger partial charge in [0, 0.05) is 27.2 Å². The lowest BCUT2D eigenvalue weighted by Crippen LogP contribution is -2.43. The number of esters is 1. The van der Waals surface area contributed by atoms with E-state index in [1.807, 2.05) is 4.90 Å². The third-order valence-corrected chi connectivity index (χ3v) is 5.43. The first kappa shape index (κ1) is 20.6. The van der Waals surface area contributed by atoms with Crippen LogP contribution in [0.4, 0.5) is 13.2 Å². The summed E-state index contributed by atoms with van der Waals surface area (Å²) in [5.74, 6) is -1.32. The lowest BCUT2D eigenvalue weighted by Gasteiger charge is -2.31. The summed E-state index contributed by atoms with van der Waals surface area (Å²) in [6.45, 7) is 1.65. The Kier molecular flexibility index (Phi) is 5.98. The van der Waals surface area contributed by atoms with Crippen molar-refractivity contribution in [3.05, 3.63) is 35.4 Å². The number of benzene rings is 1. The Hall–Kier alpha value is -2.09. The van der Waals surface area contributed by atoms with Crippen LogP contribution in [0.15, 0.2) is 24.3 Å². The fourth-order valence-electron chi connectivity index (χ4n) is 3.65. The van der Waals surface area contributed by atoms with E-state index >= 15 is 0 Å². The minimum atomic E-state index is -4.43. The second-order valence-corrected chi connectivity index (χ2v) is 7.73. The number of piperidine rings is 1. The monoisotopic (exact) mass is 398 g/mol. The number of ether oxygens (including phenoxy) is 1. The lowest BCUT2D eigenvalue weighted by atomic mass is 10.0. The maximum atomic E-state index is 13.2. The van der Waals surface area contributed by atoms with Gasteiger partial charge in [-0.3, -0.25) is 14.5 Å². The van der Waals surface area contributed by atoms with Crippen molar-refractivity contribution in [2.45, 2.75) is 37.5 Å². The van der Waals surface area contributed by atoms with Gasteiger partial charge in [0.15, 0.2) is 0 Å². The molecule has 0 aromatic heterocycles. The van der Waals surface area contributed by atoms with Crippen molar-refractivity contribution >= 4 is 11.9 Å². The number of likely N-dealkylation sites (tertiary alicyclic amines) is 1. The maximum Gasteiger partial charge on any atom is 0.416 e. The zero-order valence-electron chi connectivity index (χ0n) is 16.0. The van der Waals surface area contributed by atoms with Gasteiger partial charge in [0.25, 0.3) is 0 Å². The molecule has 0 N–H and O–H groups in total. The van der Waals surface area contributed by atoms with Gasteiger partial charge < -0.3 is 9.64 Å². The fourth-order valence-corrected chi connectivity index (χ4v) is 3.65. The second-order valence-electron chi connectivity index (χ2n) is 7.73. The van der Waals surface area contributed by atoms with Gasteiger partial charge in [0.1, 0.15) is 6.10 Å². The highest BCUT2D eigenvalue weighted by Crippen LogP contribution is 2.51. The summed E-state index contributed by atoms with van der Waals surface area (Å²) < 4.78 is 45.1. The Bertz CT molecular complexity index is 728. The van der Waals surface area contributed by atoms with Crippen LogP contribution >= 0.6 is 0 Å². The molecule has 28 heavy (non-hydrogen) atoms. The van der Waals surface area contributed by atoms with Gasteiger partial charge in [-0.05, 0) is 36.8 Å². The number of rotatable bonds is 5. The van der Waals surface area contributed by atoms with E-state index in [2.05, 4.69) is 0 Å². The molecule has 2 aliphatic rings. The van der Waals surface area contributed by atoms with Crippen LogP contribution in [0, 0.1) is 5.92 Å². The van der Waals surface area contributed by atoms with Crippen LogP contribution in [-0.2, 0) is 20.5 Å². The largest absolute Gasteiger partial charge is 0.462 e.